The minimum atomic E-state index is -0.236. The van der Waals surface area contributed by atoms with Gasteiger partial charge in [-0.15, -0.1) is 11.3 Å². The van der Waals surface area contributed by atoms with Gasteiger partial charge >= 0.3 is 5.69 Å². The number of hydrogen-bond acceptors (Lipinski definition) is 4. The van der Waals surface area contributed by atoms with Gasteiger partial charge in [0.05, 0.1) is 17.2 Å². The van der Waals surface area contributed by atoms with Crippen molar-refractivity contribution in [2.45, 2.75) is 13.5 Å². The van der Waals surface area contributed by atoms with Gasteiger partial charge in [-0.1, -0.05) is 0 Å². The van der Waals surface area contributed by atoms with Crippen molar-refractivity contribution in [1.82, 2.24) is 19.7 Å². The fourth-order valence-electron chi connectivity index (χ4n) is 1.12. The van der Waals surface area contributed by atoms with Crippen molar-refractivity contribution < 1.29 is 0 Å². The Bertz CT molecular complexity index is 519. The van der Waals surface area contributed by atoms with Gasteiger partial charge in [0.25, 0.3) is 0 Å². The lowest BCUT2D eigenvalue weighted by atomic mass is 10.5. The average molecular weight is 228 g/mol. The third-order valence-electron chi connectivity index (χ3n) is 1.75. The number of rotatable bonds is 2. The quantitative estimate of drug-likeness (QED) is 0.755. The van der Waals surface area contributed by atoms with Crippen LogP contribution in [0.25, 0.3) is 0 Å². The van der Waals surface area contributed by atoms with E-state index < -0.39 is 0 Å². The predicted molar refractivity (Wildman–Crippen MR) is 56.2 cm³/mol. The molecule has 0 aliphatic carbocycles. The van der Waals surface area contributed by atoms with E-state index in [2.05, 4.69) is 15.2 Å². The monoisotopic (exact) mass is 228 g/mol. The van der Waals surface area contributed by atoms with Gasteiger partial charge in [-0.25, -0.2) is 14.9 Å². The highest BCUT2D eigenvalue weighted by Gasteiger charge is 2.03. The average Bonchev–Trinajstić information content (AvgIpc) is 2.67. The zero-order valence-corrected chi connectivity index (χ0v) is 9.04. The molecule has 2 aromatic rings. The molecule has 0 aliphatic rings. The van der Waals surface area contributed by atoms with E-state index in [0.29, 0.717) is 11.3 Å². The first kappa shape index (κ1) is 9.35. The van der Waals surface area contributed by atoms with Crippen molar-refractivity contribution in [2.75, 3.05) is 0 Å². The molecule has 0 aromatic carbocycles. The molecule has 74 valence electrons. The van der Waals surface area contributed by atoms with E-state index in [4.69, 9.17) is 12.2 Å². The molecule has 0 spiro atoms. The van der Waals surface area contributed by atoms with Crippen LogP contribution in [0.2, 0.25) is 0 Å². The van der Waals surface area contributed by atoms with Crippen molar-refractivity contribution in [2.24, 2.45) is 0 Å². The number of aromatic nitrogens is 4. The minimum absolute atomic E-state index is 0.236. The van der Waals surface area contributed by atoms with Gasteiger partial charge in [-0.2, -0.15) is 0 Å². The van der Waals surface area contributed by atoms with Crippen LogP contribution in [0.15, 0.2) is 10.2 Å². The number of nitrogens with zero attached hydrogens (tertiary/aromatic N) is 2. The molecule has 2 aromatic heterocycles. The van der Waals surface area contributed by atoms with E-state index >= 15 is 0 Å². The van der Waals surface area contributed by atoms with Gasteiger partial charge in [-0.05, 0) is 19.1 Å². The molecule has 14 heavy (non-hydrogen) atoms. The van der Waals surface area contributed by atoms with E-state index in [-0.39, 0.29) is 5.69 Å². The van der Waals surface area contributed by atoms with Crippen LogP contribution in [-0.2, 0) is 6.54 Å². The smallest absolute Gasteiger partial charge is 0.272 e. The zero-order valence-electron chi connectivity index (χ0n) is 7.40. The lowest BCUT2D eigenvalue weighted by Crippen LogP contribution is -2.17. The third-order valence-corrected chi connectivity index (χ3v) is 2.90. The summed E-state index contributed by atoms with van der Waals surface area (Å²) in [4.78, 5) is 15.5. The molecule has 0 radical (unpaired) electrons. The van der Waals surface area contributed by atoms with Gasteiger partial charge in [0.2, 0.25) is 0 Å². The van der Waals surface area contributed by atoms with Crippen LogP contribution < -0.4 is 5.69 Å². The Morgan fingerprint density at radius 1 is 1.64 bits per heavy atom. The van der Waals surface area contributed by atoms with E-state index in [1.165, 1.54) is 4.57 Å². The molecule has 0 saturated carbocycles. The Morgan fingerprint density at radius 2 is 2.43 bits per heavy atom. The SMILES string of the molecule is Cc1nc(Cn2c(=O)[nH][nH]c2=S)cs1. The molecule has 2 rings (SSSR count). The summed E-state index contributed by atoms with van der Waals surface area (Å²) >= 11 is 6.49. The highest BCUT2D eigenvalue weighted by atomic mass is 32.1. The first-order valence-corrected chi connectivity index (χ1v) is 5.24. The number of nitrogens with one attached hydrogen (secondary N) is 2. The Balaban J connectivity index is 2.36. The first-order chi connectivity index (χ1) is 6.66. The Kier molecular flexibility index (Phi) is 2.34. The lowest BCUT2D eigenvalue weighted by molar-refractivity contribution is 0.735. The molecular weight excluding hydrogens is 220 g/mol. The second-order valence-corrected chi connectivity index (χ2v) is 4.25. The maximum absolute atomic E-state index is 11.2. The molecule has 0 saturated heterocycles. The molecule has 0 aliphatic heterocycles. The van der Waals surface area contributed by atoms with Gasteiger partial charge in [0, 0.05) is 5.38 Å². The predicted octanol–water partition coefficient (Wildman–Crippen LogP) is 1.05. The van der Waals surface area contributed by atoms with Gasteiger partial charge in [0.15, 0.2) is 4.77 Å². The van der Waals surface area contributed by atoms with Crippen LogP contribution in [-0.4, -0.2) is 19.7 Å². The van der Waals surface area contributed by atoms with Crippen LogP contribution in [0, 0.1) is 11.7 Å². The number of thiazole rings is 1. The Morgan fingerprint density at radius 3 is 2.93 bits per heavy atom. The fourth-order valence-corrected chi connectivity index (χ4v) is 1.92. The molecule has 2 heterocycles. The third kappa shape index (κ3) is 1.68. The first-order valence-electron chi connectivity index (χ1n) is 3.95. The molecule has 0 fully saturated rings. The van der Waals surface area contributed by atoms with Crippen LogP contribution in [0.5, 0.6) is 0 Å². The van der Waals surface area contributed by atoms with Crippen molar-refractivity contribution in [3.63, 3.8) is 0 Å². The number of aryl methyl sites for hydroxylation is 1. The number of hydrogen-bond donors (Lipinski definition) is 2. The summed E-state index contributed by atoms with van der Waals surface area (Å²) in [6, 6.07) is 0. The van der Waals surface area contributed by atoms with Crippen LogP contribution in [0.4, 0.5) is 0 Å². The maximum atomic E-state index is 11.2. The highest BCUT2D eigenvalue weighted by Crippen LogP contribution is 2.08. The lowest BCUT2D eigenvalue weighted by Gasteiger charge is -1.94. The van der Waals surface area contributed by atoms with Gasteiger partial charge in [-0.3, -0.25) is 9.67 Å². The highest BCUT2D eigenvalue weighted by molar-refractivity contribution is 7.71. The van der Waals surface area contributed by atoms with E-state index in [9.17, 15) is 4.79 Å². The summed E-state index contributed by atoms with van der Waals surface area (Å²) in [5.74, 6) is 0. The van der Waals surface area contributed by atoms with Crippen LogP contribution in [0.1, 0.15) is 10.7 Å². The summed E-state index contributed by atoms with van der Waals surface area (Å²) in [5, 5.41) is 7.90. The second-order valence-electron chi connectivity index (χ2n) is 2.80. The second kappa shape index (κ2) is 3.50. The largest absolute Gasteiger partial charge is 0.342 e. The normalized spacial score (nSPS) is 10.6. The summed E-state index contributed by atoms with van der Waals surface area (Å²) in [6.07, 6.45) is 0. The Labute approximate surface area is 88.4 Å². The zero-order chi connectivity index (χ0) is 10.1. The fraction of sp³-hybridized carbons (Fsp3) is 0.286. The topological polar surface area (TPSA) is 66.5 Å². The summed E-state index contributed by atoms with van der Waals surface area (Å²) in [7, 11) is 0. The van der Waals surface area contributed by atoms with Gasteiger partial charge < -0.3 is 0 Å². The van der Waals surface area contributed by atoms with E-state index in [1.54, 1.807) is 11.3 Å². The van der Waals surface area contributed by atoms with Gasteiger partial charge in [0.1, 0.15) is 0 Å². The minimum Gasteiger partial charge on any atom is -0.272 e. The maximum Gasteiger partial charge on any atom is 0.342 e. The molecule has 0 atom stereocenters. The van der Waals surface area contributed by atoms with Crippen molar-refractivity contribution in [1.29, 1.82) is 0 Å². The van der Waals surface area contributed by atoms with Crippen molar-refractivity contribution in [3.05, 3.63) is 31.3 Å². The Hall–Kier alpha value is -1.21. The molecule has 0 bridgehead atoms. The molecule has 5 nitrogen and oxygen atoms in total. The van der Waals surface area contributed by atoms with Crippen LogP contribution in [0.3, 0.4) is 0 Å². The summed E-state index contributed by atoms with van der Waals surface area (Å²) < 4.78 is 1.82. The van der Waals surface area contributed by atoms with E-state index in [1.807, 2.05) is 12.3 Å². The molecule has 0 amide bonds. The molecular formula is C7H8N4OS2. The van der Waals surface area contributed by atoms with Crippen molar-refractivity contribution >= 4 is 23.6 Å². The molecule has 2 N–H and O–H groups in total. The summed E-state index contributed by atoms with van der Waals surface area (Å²) in [5.41, 5.74) is 0.620. The summed E-state index contributed by atoms with van der Waals surface area (Å²) in [6.45, 7) is 2.34. The van der Waals surface area contributed by atoms with E-state index in [0.717, 1.165) is 10.7 Å². The number of aromatic amines is 2. The standard InChI is InChI=1S/C7H8N4OS2/c1-4-8-5(3-14-4)2-11-6(12)9-10-7(11)13/h3H,2H2,1H3,(H,9,12)(H,10,13). The molecule has 0 unspecified atom stereocenters. The number of H-pyrrole nitrogens is 2. The van der Waals surface area contributed by atoms with Crippen LogP contribution >= 0.6 is 23.6 Å². The van der Waals surface area contributed by atoms with Crippen molar-refractivity contribution in [3.8, 4) is 0 Å². The molecule has 7 heteroatoms.